The minimum absolute atomic E-state index is 0.0775. The van der Waals surface area contributed by atoms with E-state index in [2.05, 4.69) is 4.74 Å². The highest BCUT2D eigenvalue weighted by Crippen LogP contribution is 2.66. The van der Waals surface area contributed by atoms with Crippen molar-refractivity contribution in [1.82, 2.24) is 4.90 Å². The Labute approximate surface area is 116 Å². The van der Waals surface area contributed by atoms with Gasteiger partial charge in [-0.15, -0.1) is 0 Å². The van der Waals surface area contributed by atoms with Crippen LogP contribution in [-0.2, 0) is 14.3 Å². The average Bonchev–Trinajstić information content (AvgIpc) is 2.67. The summed E-state index contributed by atoms with van der Waals surface area (Å²) in [6.45, 7) is 4.86. The molecule has 1 amide bonds. The minimum atomic E-state index is -2.82. The highest BCUT2D eigenvalue weighted by Gasteiger charge is 2.75. The Balaban J connectivity index is 2.17. The first-order chi connectivity index (χ1) is 9.01. The summed E-state index contributed by atoms with van der Waals surface area (Å²) in [7, 11) is 1.17. The molecular weight excluding hydrogens is 272 g/mol. The Kier molecular flexibility index (Phi) is 3.22. The highest BCUT2D eigenvalue weighted by atomic mass is 19.3. The fourth-order valence-corrected chi connectivity index (χ4v) is 2.61. The van der Waals surface area contributed by atoms with Gasteiger partial charge in [0.15, 0.2) is 0 Å². The molecule has 1 saturated heterocycles. The zero-order chi connectivity index (χ0) is 15.3. The molecule has 114 valence electrons. The maximum Gasteiger partial charge on any atom is 0.411 e. The van der Waals surface area contributed by atoms with E-state index in [0.717, 1.165) is 4.90 Å². The number of halogens is 2. The minimum Gasteiger partial charge on any atom is -0.467 e. The quantitative estimate of drug-likeness (QED) is 0.695. The highest BCUT2D eigenvalue weighted by molar-refractivity contribution is 5.82. The predicted molar refractivity (Wildman–Crippen MR) is 65.4 cm³/mol. The van der Waals surface area contributed by atoms with Crippen LogP contribution in [-0.4, -0.2) is 48.2 Å². The number of rotatable bonds is 1. The number of ether oxygens (including phenoxy) is 2. The molecule has 2 rings (SSSR count). The molecule has 0 aromatic rings. The SMILES string of the molecule is COC(=O)C1CC2(CN1C(=O)OC(C)(C)C)CC2(F)F. The number of nitrogens with zero attached hydrogens (tertiary/aromatic N) is 1. The van der Waals surface area contributed by atoms with Gasteiger partial charge >= 0.3 is 12.1 Å². The zero-order valence-corrected chi connectivity index (χ0v) is 12.0. The average molecular weight is 291 g/mol. The summed E-state index contributed by atoms with van der Waals surface area (Å²) in [5.41, 5.74) is -2.04. The van der Waals surface area contributed by atoms with E-state index in [-0.39, 0.29) is 19.4 Å². The van der Waals surface area contributed by atoms with Gasteiger partial charge in [0, 0.05) is 13.0 Å². The number of alkyl halides is 2. The molecule has 2 aliphatic rings. The summed E-state index contributed by atoms with van der Waals surface area (Å²) in [5.74, 6) is -3.51. The van der Waals surface area contributed by atoms with Crippen LogP contribution in [0.4, 0.5) is 13.6 Å². The maximum absolute atomic E-state index is 13.5. The predicted octanol–water partition coefficient (Wildman–Crippen LogP) is 2.19. The number of carbonyl (C=O) groups excluding carboxylic acids is 2. The number of likely N-dealkylation sites (tertiary alicyclic amines) is 1. The van der Waals surface area contributed by atoms with E-state index in [1.807, 2.05) is 0 Å². The second-order valence-electron chi connectivity index (χ2n) is 6.51. The summed E-state index contributed by atoms with van der Waals surface area (Å²) in [4.78, 5) is 24.8. The van der Waals surface area contributed by atoms with E-state index in [1.165, 1.54) is 7.11 Å². The molecule has 1 aliphatic carbocycles. The Hall–Kier alpha value is -1.40. The van der Waals surface area contributed by atoms with Gasteiger partial charge in [-0.25, -0.2) is 18.4 Å². The molecule has 2 fully saturated rings. The van der Waals surface area contributed by atoms with Crippen LogP contribution in [0, 0.1) is 5.41 Å². The van der Waals surface area contributed by atoms with Crippen molar-refractivity contribution in [2.45, 2.75) is 51.2 Å². The lowest BCUT2D eigenvalue weighted by Crippen LogP contribution is -2.44. The molecule has 2 atom stereocenters. The summed E-state index contributed by atoms with van der Waals surface area (Å²) in [5, 5.41) is 0. The second kappa shape index (κ2) is 4.30. The summed E-state index contributed by atoms with van der Waals surface area (Å²) in [6, 6.07) is -0.997. The van der Waals surface area contributed by atoms with Gasteiger partial charge in [0.2, 0.25) is 0 Å². The molecule has 1 spiro atoms. The first-order valence-electron chi connectivity index (χ1n) is 6.47. The Morgan fingerprint density at radius 2 is 1.85 bits per heavy atom. The molecule has 1 saturated carbocycles. The third-order valence-electron chi connectivity index (χ3n) is 3.75. The molecule has 2 unspecified atom stereocenters. The van der Waals surface area contributed by atoms with Crippen LogP contribution in [0.5, 0.6) is 0 Å². The number of hydrogen-bond acceptors (Lipinski definition) is 4. The van der Waals surface area contributed by atoms with Crippen molar-refractivity contribution < 1.29 is 27.8 Å². The first kappa shape index (κ1) is 15.0. The molecule has 0 bridgehead atoms. The molecule has 1 aliphatic heterocycles. The zero-order valence-electron chi connectivity index (χ0n) is 12.0. The van der Waals surface area contributed by atoms with Crippen LogP contribution in [0.15, 0.2) is 0 Å². The Bertz CT molecular complexity index is 446. The normalized spacial score (nSPS) is 31.3. The van der Waals surface area contributed by atoms with Crippen LogP contribution in [0.1, 0.15) is 33.6 Å². The van der Waals surface area contributed by atoms with Crippen LogP contribution >= 0.6 is 0 Å². The number of esters is 1. The molecule has 1 heterocycles. The van der Waals surface area contributed by atoms with Crippen LogP contribution in [0.25, 0.3) is 0 Å². The Morgan fingerprint density at radius 3 is 2.25 bits per heavy atom. The molecule has 0 aromatic carbocycles. The van der Waals surface area contributed by atoms with Crippen LogP contribution in [0.2, 0.25) is 0 Å². The lowest BCUT2D eigenvalue weighted by molar-refractivity contribution is -0.145. The van der Waals surface area contributed by atoms with Gasteiger partial charge in [-0.2, -0.15) is 0 Å². The number of carbonyl (C=O) groups is 2. The Morgan fingerprint density at radius 1 is 1.30 bits per heavy atom. The van der Waals surface area contributed by atoms with Crippen LogP contribution in [0.3, 0.4) is 0 Å². The van der Waals surface area contributed by atoms with E-state index in [1.54, 1.807) is 20.8 Å². The van der Waals surface area contributed by atoms with Gasteiger partial charge in [-0.05, 0) is 27.2 Å². The van der Waals surface area contributed by atoms with Crippen LogP contribution < -0.4 is 0 Å². The van der Waals surface area contributed by atoms with Crippen molar-refractivity contribution in [3.8, 4) is 0 Å². The fourth-order valence-electron chi connectivity index (χ4n) is 2.61. The van der Waals surface area contributed by atoms with Crippen molar-refractivity contribution in [3.05, 3.63) is 0 Å². The van der Waals surface area contributed by atoms with E-state index in [0.29, 0.717) is 0 Å². The molecular formula is C13H19F2NO4. The third kappa shape index (κ3) is 2.45. The monoisotopic (exact) mass is 291 g/mol. The van der Waals surface area contributed by atoms with E-state index >= 15 is 0 Å². The standard InChI is InChI=1S/C13H19F2NO4/c1-11(2,3)20-10(18)16-7-12(6-13(12,14)15)5-8(16)9(17)19-4/h8H,5-7H2,1-4H3. The van der Waals surface area contributed by atoms with Crippen molar-refractivity contribution in [1.29, 1.82) is 0 Å². The summed E-state index contributed by atoms with van der Waals surface area (Å²) >= 11 is 0. The van der Waals surface area contributed by atoms with Crippen molar-refractivity contribution in [2.24, 2.45) is 5.41 Å². The maximum atomic E-state index is 13.5. The molecule has 0 aromatic heterocycles. The lowest BCUT2D eigenvalue weighted by Gasteiger charge is -2.27. The second-order valence-corrected chi connectivity index (χ2v) is 6.51. The number of hydrogen-bond donors (Lipinski definition) is 0. The third-order valence-corrected chi connectivity index (χ3v) is 3.75. The number of methoxy groups -OCH3 is 1. The summed E-state index contributed by atoms with van der Waals surface area (Å²) < 4.78 is 36.7. The first-order valence-corrected chi connectivity index (χ1v) is 6.47. The van der Waals surface area contributed by atoms with Gasteiger partial charge in [0.25, 0.3) is 5.92 Å². The topological polar surface area (TPSA) is 55.8 Å². The molecule has 0 radical (unpaired) electrons. The van der Waals surface area contributed by atoms with E-state index in [9.17, 15) is 18.4 Å². The van der Waals surface area contributed by atoms with E-state index < -0.39 is 35.0 Å². The molecule has 20 heavy (non-hydrogen) atoms. The number of amides is 1. The fraction of sp³-hybridized carbons (Fsp3) is 0.846. The van der Waals surface area contributed by atoms with Gasteiger partial charge in [-0.3, -0.25) is 4.90 Å². The van der Waals surface area contributed by atoms with Gasteiger partial charge in [0.1, 0.15) is 11.6 Å². The smallest absolute Gasteiger partial charge is 0.411 e. The molecule has 7 heteroatoms. The van der Waals surface area contributed by atoms with Crippen molar-refractivity contribution >= 4 is 12.1 Å². The van der Waals surface area contributed by atoms with Gasteiger partial charge in [0.05, 0.1) is 12.5 Å². The van der Waals surface area contributed by atoms with Crippen molar-refractivity contribution in [2.75, 3.05) is 13.7 Å². The van der Waals surface area contributed by atoms with Crippen molar-refractivity contribution in [3.63, 3.8) is 0 Å². The van der Waals surface area contributed by atoms with Gasteiger partial charge in [-0.1, -0.05) is 0 Å². The lowest BCUT2D eigenvalue weighted by atomic mass is 10.0. The molecule has 0 N–H and O–H groups in total. The van der Waals surface area contributed by atoms with Gasteiger partial charge < -0.3 is 9.47 Å². The largest absolute Gasteiger partial charge is 0.467 e. The molecule has 5 nitrogen and oxygen atoms in total. The summed E-state index contributed by atoms with van der Waals surface area (Å²) in [6.07, 6.45) is -1.13. The van der Waals surface area contributed by atoms with E-state index in [4.69, 9.17) is 4.74 Å².